The molecule has 2 heteroatoms. The molecule has 0 aliphatic heterocycles. The standard InChI is InChI=1S/C22H26O2/c1-13-8-15(3)21(16(4)9-13)20(12-24-19(7)23)22-17(5)10-14(2)11-18(22)6/h8-12H,1-7H3. The molecule has 0 aliphatic rings. The van der Waals surface area contributed by atoms with Crippen LogP contribution in [0.3, 0.4) is 0 Å². The van der Waals surface area contributed by atoms with Crippen LogP contribution in [0.2, 0.25) is 0 Å². The summed E-state index contributed by atoms with van der Waals surface area (Å²) >= 11 is 0. The summed E-state index contributed by atoms with van der Waals surface area (Å²) in [7, 11) is 0. The van der Waals surface area contributed by atoms with Gasteiger partial charge in [0.2, 0.25) is 0 Å². The van der Waals surface area contributed by atoms with Gasteiger partial charge in [-0.1, -0.05) is 35.4 Å². The lowest BCUT2D eigenvalue weighted by molar-refractivity contribution is -0.135. The van der Waals surface area contributed by atoms with Crippen LogP contribution in [0.4, 0.5) is 0 Å². The molecule has 0 radical (unpaired) electrons. The molecule has 2 nitrogen and oxygen atoms in total. The zero-order chi connectivity index (χ0) is 18.0. The van der Waals surface area contributed by atoms with Crippen molar-refractivity contribution in [1.29, 1.82) is 0 Å². The minimum atomic E-state index is -0.308. The Morgan fingerprint density at radius 1 is 0.750 bits per heavy atom. The summed E-state index contributed by atoms with van der Waals surface area (Å²) < 4.78 is 5.29. The minimum Gasteiger partial charge on any atom is -0.434 e. The summed E-state index contributed by atoms with van der Waals surface area (Å²) in [6.07, 6.45) is 1.61. The smallest absolute Gasteiger partial charge is 0.307 e. The van der Waals surface area contributed by atoms with E-state index in [4.69, 9.17) is 4.74 Å². The maximum absolute atomic E-state index is 11.4. The molecule has 0 atom stereocenters. The number of hydrogen-bond donors (Lipinski definition) is 0. The summed E-state index contributed by atoms with van der Waals surface area (Å²) in [6, 6.07) is 8.68. The van der Waals surface area contributed by atoms with Crippen LogP contribution in [0.5, 0.6) is 0 Å². The van der Waals surface area contributed by atoms with E-state index >= 15 is 0 Å². The molecular formula is C22H26O2. The monoisotopic (exact) mass is 322 g/mol. The number of carbonyl (C=O) groups is 1. The number of aryl methyl sites for hydroxylation is 6. The highest BCUT2D eigenvalue weighted by molar-refractivity contribution is 5.86. The van der Waals surface area contributed by atoms with Crippen molar-refractivity contribution in [2.75, 3.05) is 0 Å². The van der Waals surface area contributed by atoms with Crippen LogP contribution in [0.15, 0.2) is 30.5 Å². The SMILES string of the molecule is CC(=O)OC=C(c1c(C)cc(C)cc1C)c1c(C)cc(C)cc1C. The highest BCUT2D eigenvalue weighted by Gasteiger charge is 2.17. The van der Waals surface area contributed by atoms with Gasteiger partial charge in [-0.05, 0) is 74.9 Å². The van der Waals surface area contributed by atoms with Gasteiger partial charge < -0.3 is 4.74 Å². The molecule has 2 aromatic carbocycles. The number of esters is 1. The molecule has 0 unspecified atom stereocenters. The normalized spacial score (nSPS) is 10.5. The third kappa shape index (κ3) is 3.76. The lowest BCUT2D eigenvalue weighted by Crippen LogP contribution is -2.03. The van der Waals surface area contributed by atoms with E-state index in [0.29, 0.717) is 0 Å². The first-order valence-corrected chi connectivity index (χ1v) is 8.24. The van der Waals surface area contributed by atoms with Gasteiger partial charge in [-0.2, -0.15) is 0 Å². The Bertz CT molecular complexity index is 720. The predicted molar refractivity (Wildman–Crippen MR) is 100 cm³/mol. The summed E-state index contributed by atoms with van der Waals surface area (Å²) in [5, 5.41) is 0. The fourth-order valence-electron chi connectivity index (χ4n) is 3.59. The zero-order valence-electron chi connectivity index (χ0n) is 15.7. The van der Waals surface area contributed by atoms with Gasteiger partial charge in [0.25, 0.3) is 0 Å². The molecule has 0 saturated carbocycles. The van der Waals surface area contributed by atoms with Crippen molar-refractivity contribution in [3.63, 3.8) is 0 Å². The maximum Gasteiger partial charge on any atom is 0.307 e. The summed E-state index contributed by atoms with van der Waals surface area (Å²) in [5.41, 5.74) is 10.4. The van der Waals surface area contributed by atoms with E-state index < -0.39 is 0 Å². The lowest BCUT2D eigenvalue weighted by atomic mass is 9.86. The van der Waals surface area contributed by atoms with Crippen molar-refractivity contribution >= 4 is 11.5 Å². The van der Waals surface area contributed by atoms with Gasteiger partial charge in [-0.25, -0.2) is 0 Å². The van der Waals surface area contributed by atoms with Crippen LogP contribution in [0.1, 0.15) is 51.4 Å². The summed E-state index contributed by atoms with van der Waals surface area (Å²) in [6.45, 7) is 14.1. The number of hydrogen-bond acceptors (Lipinski definition) is 2. The largest absolute Gasteiger partial charge is 0.434 e. The predicted octanol–water partition coefficient (Wildman–Crippen LogP) is 5.49. The molecule has 0 spiro atoms. The molecule has 0 fully saturated rings. The highest BCUT2D eigenvalue weighted by Crippen LogP contribution is 2.34. The first-order chi connectivity index (χ1) is 11.2. The van der Waals surface area contributed by atoms with E-state index in [1.54, 1.807) is 6.26 Å². The maximum atomic E-state index is 11.4. The van der Waals surface area contributed by atoms with E-state index in [0.717, 1.165) is 16.7 Å². The van der Waals surface area contributed by atoms with Gasteiger partial charge in [-0.15, -0.1) is 0 Å². The Kier molecular flexibility index (Phi) is 5.28. The van der Waals surface area contributed by atoms with E-state index in [1.807, 2.05) is 0 Å². The fourth-order valence-corrected chi connectivity index (χ4v) is 3.59. The second-order valence-electron chi connectivity index (χ2n) is 6.69. The van der Waals surface area contributed by atoms with Crippen molar-refractivity contribution in [3.05, 3.63) is 75.0 Å². The molecule has 2 aromatic rings. The second kappa shape index (κ2) is 7.04. The molecule has 0 amide bonds. The Morgan fingerprint density at radius 2 is 1.08 bits per heavy atom. The van der Waals surface area contributed by atoms with Crippen molar-refractivity contribution < 1.29 is 9.53 Å². The number of ether oxygens (including phenoxy) is 1. The molecule has 126 valence electrons. The molecule has 0 aliphatic carbocycles. The number of benzene rings is 2. The molecule has 24 heavy (non-hydrogen) atoms. The number of rotatable bonds is 3. The topological polar surface area (TPSA) is 26.3 Å². The van der Waals surface area contributed by atoms with Crippen molar-refractivity contribution in [2.45, 2.75) is 48.5 Å². The van der Waals surface area contributed by atoms with Crippen LogP contribution in [0.25, 0.3) is 5.57 Å². The zero-order valence-corrected chi connectivity index (χ0v) is 15.7. The first kappa shape index (κ1) is 18.0. The van der Waals surface area contributed by atoms with Gasteiger partial charge in [0, 0.05) is 12.5 Å². The van der Waals surface area contributed by atoms with E-state index in [-0.39, 0.29) is 5.97 Å². The van der Waals surface area contributed by atoms with Gasteiger partial charge in [0.05, 0.1) is 0 Å². The van der Waals surface area contributed by atoms with Crippen molar-refractivity contribution in [3.8, 4) is 0 Å². The molecule has 0 bridgehead atoms. The van der Waals surface area contributed by atoms with Gasteiger partial charge in [-0.3, -0.25) is 4.79 Å². The van der Waals surface area contributed by atoms with Crippen LogP contribution in [-0.4, -0.2) is 5.97 Å². The van der Waals surface area contributed by atoms with E-state index in [9.17, 15) is 4.79 Å². The van der Waals surface area contributed by atoms with Crippen LogP contribution >= 0.6 is 0 Å². The van der Waals surface area contributed by atoms with Gasteiger partial charge >= 0.3 is 5.97 Å². The van der Waals surface area contributed by atoms with E-state index in [2.05, 4.69) is 65.8 Å². The summed E-state index contributed by atoms with van der Waals surface area (Å²) in [4.78, 5) is 11.4. The number of carbonyl (C=O) groups excluding carboxylic acids is 1. The average Bonchev–Trinajstić information content (AvgIpc) is 2.41. The van der Waals surface area contributed by atoms with Crippen molar-refractivity contribution in [2.24, 2.45) is 0 Å². The Morgan fingerprint density at radius 3 is 1.38 bits per heavy atom. The van der Waals surface area contributed by atoms with Crippen molar-refractivity contribution in [1.82, 2.24) is 0 Å². The molecule has 0 heterocycles. The van der Waals surface area contributed by atoms with Crippen LogP contribution in [-0.2, 0) is 9.53 Å². The van der Waals surface area contributed by atoms with Crippen LogP contribution in [0, 0.1) is 41.5 Å². The fraction of sp³-hybridized carbons (Fsp3) is 0.318. The third-order valence-corrected chi connectivity index (χ3v) is 4.24. The Labute approximate surface area is 145 Å². The van der Waals surface area contributed by atoms with E-state index in [1.165, 1.54) is 40.3 Å². The quantitative estimate of drug-likeness (QED) is 0.552. The first-order valence-electron chi connectivity index (χ1n) is 8.24. The van der Waals surface area contributed by atoms with Gasteiger partial charge in [0.15, 0.2) is 0 Å². The Balaban J connectivity index is 2.78. The molecular weight excluding hydrogens is 296 g/mol. The summed E-state index contributed by atoms with van der Waals surface area (Å²) in [5.74, 6) is -0.308. The average molecular weight is 322 g/mol. The van der Waals surface area contributed by atoms with Gasteiger partial charge in [0.1, 0.15) is 6.26 Å². The second-order valence-corrected chi connectivity index (χ2v) is 6.69. The molecule has 0 N–H and O–H groups in total. The highest BCUT2D eigenvalue weighted by atomic mass is 16.5. The Hall–Kier alpha value is -2.35. The minimum absolute atomic E-state index is 0.308. The third-order valence-electron chi connectivity index (χ3n) is 4.24. The molecule has 0 aromatic heterocycles. The lowest BCUT2D eigenvalue weighted by Gasteiger charge is -2.19. The molecule has 2 rings (SSSR count). The molecule has 0 saturated heterocycles. The van der Waals surface area contributed by atoms with Crippen LogP contribution < -0.4 is 0 Å².